The van der Waals surface area contributed by atoms with E-state index in [-0.39, 0.29) is 18.9 Å². The molecule has 0 radical (unpaired) electrons. The summed E-state index contributed by atoms with van der Waals surface area (Å²) in [5.74, 6) is -0.231. The fraction of sp³-hybridized carbons (Fsp3) is 0.717. The van der Waals surface area contributed by atoms with E-state index in [4.69, 9.17) is 9.47 Å². The van der Waals surface area contributed by atoms with Crippen LogP contribution in [-0.2, 0) is 14.3 Å². The topological polar surface area (TPSA) is 149 Å². The fourth-order valence-corrected chi connectivity index (χ4v) is 8.23. The lowest BCUT2D eigenvalue weighted by molar-refractivity contribution is -0.302. The van der Waals surface area contributed by atoms with Crippen LogP contribution in [0.15, 0.2) is 97.2 Å². The molecule has 1 aliphatic rings. The van der Waals surface area contributed by atoms with Crippen LogP contribution < -0.4 is 5.32 Å². The number of unbranched alkanes of at least 4 members (excludes halogenated alkanes) is 22. The Morgan fingerprint density at radius 2 is 0.913 bits per heavy atom. The summed E-state index contributed by atoms with van der Waals surface area (Å²) in [6, 6.07) is -0.852. The summed E-state index contributed by atoms with van der Waals surface area (Å²) in [5.41, 5.74) is 0. The third-order valence-electron chi connectivity index (χ3n) is 12.6. The van der Waals surface area contributed by atoms with E-state index in [2.05, 4.69) is 104 Å². The van der Waals surface area contributed by atoms with Crippen molar-refractivity contribution in [1.29, 1.82) is 0 Å². The highest BCUT2D eigenvalue weighted by atomic mass is 16.7. The summed E-state index contributed by atoms with van der Waals surface area (Å²) in [7, 11) is 0. The molecule has 1 rings (SSSR count). The molecule has 9 heteroatoms. The van der Waals surface area contributed by atoms with E-state index in [9.17, 15) is 30.3 Å². The number of aliphatic hydroxyl groups excluding tert-OH is 5. The maximum atomic E-state index is 13.0. The normalized spacial score (nSPS) is 20.2. The van der Waals surface area contributed by atoms with E-state index in [1.165, 1.54) is 122 Å². The highest BCUT2D eigenvalue weighted by Gasteiger charge is 2.44. The second-order valence-corrected chi connectivity index (χ2v) is 19.0. The highest BCUT2D eigenvalue weighted by molar-refractivity contribution is 5.76. The number of carbonyl (C=O) groups excluding carboxylic acids is 1. The summed E-state index contributed by atoms with van der Waals surface area (Å²) < 4.78 is 11.2. The van der Waals surface area contributed by atoms with Crippen molar-refractivity contribution in [3.63, 3.8) is 0 Å². The van der Waals surface area contributed by atoms with Gasteiger partial charge in [-0.3, -0.25) is 4.79 Å². The van der Waals surface area contributed by atoms with Gasteiger partial charge < -0.3 is 40.3 Å². The van der Waals surface area contributed by atoms with Crippen LogP contribution in [0.25, 0.3) is 0 Å². The Bertz CT molecular complexity index is 1400. The quantitative estimate of drug-likeness (QED) is 0.0261. The molecule has 6 N–H and O–H groups in total. The molecule has 7 unspecified atom stereocenters. The third-order valence-corrected chi connectivity index (χ3v) is 12.6. The molecule has 0 spiro atoms. The summed E-state index contributed by atoms with van der Waals surface area (Å²) in [6.45, 7) is 3.63. The number of ether oxygens (including phenoxy) is 2. The second kappa shape index (κ2) is 48.7. The van der Waals surface area contributed by atoms with Gasteiger partial charge in [-0.1, -0.05) is 227 Å². The number of aliphatic hydroxyl groups is 5. The molecule has 0 aromatic heterocycles. The van der Waals surface area contributed by atoms with Crippen LogP contribution in [0.5, 0.6) is 0 Å². The molecule has 1 saturated heterocycles. The first-order valence-electron chi connectivity index (χ1n) is 28.0. The zero-order valence-electron chi connectivity index (χ0n) is 43.8. The van der Waals surface area contributed by atoms with Gasteiger partial charge in [0.05, 0.1) is 25.4 Å². The summed E-state index contributed by atoms with van der Waals surface area (Å²) in [6.07, 6.45) is 63.3. The zero-order valence-corrected chi connectivity index (χ0v) is 43.8. The van der Waals surface area contributed by atoms with Crippen LogP contribution >= 0.6 is 0 Å². The van der Waals surface area contributed by atoms with Crippen LogP contribution in [0.4, 0.5) is 0 Å². The number of hydrogen-bond donors (Lipinski definition) is 6. The Morgan fingerprint density at radius 3 is 1.39 bits per heavy atom. The molecule has 1 heterocycles. The predicted molar refractivity (Wildman–Crippen MR) is 290 cm³/mol. The summed E-state index contributed by atoms with van der Waals surface area (Å²) >= 11 is 0. The van der Waals surface area contributed by atoms with Crippen molar-refractivity contribution in [2.75, 3.05) is 13.2 Å². The SMILES string of the molecule is CC/C=C\C/C=C\C/C=C\C/C=C\C/C=C\C/C=C\CCCCC(=O)NC(COC1OC(CO)C(O)C(O)C1O)C(O)/C=C/CC/C=C/CCCCCCCCCCCCCCCCCCCCC. The van der Waals surface area contributed by atoms with Gasteiger partial charge in [-0.05, 0) is 83.5 Å². The molecule has 0 bridgehead atoms. The minimum atomic E-state index is -1.59. The van der Waals surface area contributed by atoms with Gasteiger partial charge in [0.2, 0.25) is 5.91 Å². The lowest BCUT2D eigenvalue weighted by Crippen LogP contribution is -2.60. The van der Waals surface area contributed by atoms with Crippen molar-refractivity contribution in [2.45, 2.75) is 262 Å². The van der Waals surface area contributed by atoms with Gasteiger partial charge in [0.1, 0.15) is 24.4 Å². The Labute approximate surface area is 422 Å². The molecule has 9 nitrogen and oxygen atoms in total. The number of nitrogens with one attached hydrogen (secondary N) is 1. The zero-order chi connectivity index (χ0) is 50.1. The van der Waals surface area contributed by atoms with Crippen molar-refractivity contribution in [1.82, 2.24) is 5.32 Å². The lowest BCUT2D eigenvalue weighted by Gasteiger charge is -2.40. The first kappa shape index (κ1) is 64.1. The van der Waals surface area contributed by atoms with Crippen molar-refractivity contribution < 1.29 is 39.8 Å². The summed E-state index contributed by atoms with van der Waals surface area (Å²) in [5, 5.41) is 54.4. The highest BCUT2D eigenvalue weighted by Crippen LogP contribution is 2.23. The Morgan fingerprint density at radius 1 is 0.507 bits per heavy atom. The van der Waals surface area contributed by atoms with E-state index >= 15 is 0 Å². The predicted octanol–water partition coefficient (Wildman–Crippen LogP) is 13.6. The smallest absolute Gasteiger partial charge is 0.220 e. The molecule has 0 saturated carbocycles. The van der Waals surface area contributed by atoms with Gasteiger partial charge in [-0.2, -0.15) is 0 Å². The van der Waals surface area contributed by atoms with E-state index < -0.39 is 49.5 Å². The van der Waals surface area contributed by atoms with E-state index in [0.29, 0.717) is 6.42 Å². The number of carbonyl (C=O) groups is 1. The molecule has 1 amide bonds. The second-order valence-electron chi connectivity index (χ2n) is 19.0. The number of amides is 1. The molecule has 0 aromatic carbocycles. The van der Waals surface area contributed by atoms with E-state index in [1.54, 1.807) is 6.08 Å². The van der Waals surface area contributed by atoms with E-state index in [1.807, 2.05) is 6.08 Å². The van der Waals surface area contributed by atoms with Crippen LogP contribution in [0.3, 0.4) is 0 Å². The number of allylic oxidation sites excluding steroid dienone is 15. The maximum Gasteiger partial charge on any atom is 0.220 e. The number of rotatable bonds is 46. The largest absolute Gasteiger partial charge is 0.394 e. The number of hydrogen-bond acceptors (Lipinski definition) is 8. The van der Waals surface area contributed by atoms with Crippen LogP contribution in [0.2, 0.25) is 0 Å². The van der Waals surface area contributed by atoms with Gasteiger partial charge in [0.25, 0.3) is 0 Å². The average Bonchev–Trinajstić information content (AvgIpc) is 3.35. The molecule has 7 atom stereocenters. The fourth-order valence-electron chi connectivity index (χ4n) is 8.23. The van der Waals surface area contributed by atoms with Gasteiger partial charge in [0, 0.05) is 6.42 Å². The first-order valence-corrected chi connectivity index (χ1v) is 28.0. The molecule has 69 heavy (non-hydrogen) atoms. The molecule has 0 aliphatic carbocycles. The summed E-state index contributed by atoms with van der Waals surface area (Å²) in [4.78, 5) is 13.0. The lowest BCUT2D eigenvalue weighted by atomic mass is 9.99. The third kappa shape index (κ3) is 38.5. The minimum absolute atomic E-state index is 0.224. The molecular weight excluding hydrogens is 863 g/mol. The van der Waals surface area contributed by atoms with Gasteiger partial charge in [0.15, 0.2) is 6.29 Å². The Hall–Kier alpha value is -2.89. The monoisotopic (exact) mass is 966 g/mol. The van der Waals surface area contributed by atoms with Crippen LogP contribution in [0.1, 0.15) is 219 Å². The Balaban J connectivity index is 2.32. The van der Waals surface area contributed by atoms with Crippen LogP contribution in [-0.4, -0.2) is 87.5 Å². The Kier molecular flexibility index (Phi) is 45.3. The van der Waals surface area contributed by atoms with Crippen molar-refractivity contribution in [3.05, 3.63) is 97.2 Å². The van der Waals surface area contributed by atoms with E-state index in [0.717, 1.165) is 70.6 Å². The minimum Gasteiger partial charge on any atom is -0.394 e. The van der Waals surface area contributed by atoms with Gasteiger partial charge >= 0.3 is 0 Å². The molecule has 1 aliphatic heterocycles. The molecular formula is C60H103NO8. The first-order chi connectivity index (χ1) is 33.8. The van der Waals surface area contributed by atoms with Crippen molar-refractivity contribution in [2.24, 2.45) is 0 Å². The molecule has 1 fully saturated rings. The maximum absolute atomic E-state index is 13.0. The molecule has 396 valence electrons. The standard InChI is InChI=1S/C60H103NO8/c1-3-5-7-9-11-13-15-17-19-21-23-25-26-27-28-30-31-33-35-37-39-41-43-45-47-49-54(63)53(52-68-60-59(67)58(66)57(65)55(51-62)69-60)61-56(64)50-48-46-44-42-40-38-36-34-32-29-24-22-20-18-16-14-12-10-8-6-4-2/h6,8,12,14,18,20,24,29,34,36,39-42,47,49,53-55,57-60,62-63,65-67H,3-5,7,9-11,13,15-17,19,21-23,25-28,30-33,35,37-38,43-46,48,50-52H2,1-2H3,(H,61,64)/b8-6-,14-12-,20-18-,29-24-,36-34-,41-39+,42-40-,49-47+. The molecule has 0 aromatic rings. The average molecular weight is 966 g/mol. The van der Waals surface area contributed by atoms with Gasteiger partial charge in [-0.25, -0.2) is 0 Å². The van der Waals surface area contributed by atoms with Gasteiger partial charge in [-0.15, -0.1) is 0 Å². The van der Waals surface area contributed by atoms with Crippen molar-refractivity contribution >= 4 is 5.91 Å². The van der Waals surface area contributed by atoms with Crippen molar-refractivity contribution in [3.8, 4) is 0 Å². The van der Waals surface area contributed by atoms with Crippen LogP contribution in [0, 0.1) is 0 Å².